The van der Waals surface area contributed by atoms with Crippen molar-refractivity contribution in [3.05, 3.63) is 84.4 Å². The third-order valence-corrected chi connectivity index (χ3v) is 5.10. The van der Waals surface area contributed by atoms with Gasteiger partial charge in [0.05, 0.1) is 22.3 Å². The molecule has 146 valence electrons. The lowest BCUT2D eigenvalue weighted by molar-refractivity contribution is -0.121. The van der Waals surface area contributed by atoms with Crippen LogP contribution in [0.3, 0.4) is 0 Å². The van der Waals surface area contributed by atoms with Crippen molar-refractivity contribution in [2.24, 2.45) is 5.10 Å². The lowest BCUT2D eigenvalue weighted by Gasteiger charge is -2.07. The van der Waals surface area contributed by atoms with Crippen molar-refractivity contribution in [3.8, 4) is 0 Å². The number of benzene rings is 3. The average molecular weight is 393 g/mol. The van der Waals surface area contributed by atoms with E-state index < -0.39 is 0 Å². The molecule has 1 N–H and O–H groups in total. The Morgan fingerprint density at radius 3 is 2.37 bits per heavy atom. The van der Waals surface area contributed by atoms with Crippen molar-refractivity contribution in [2.45, 2.75) is 13.5 Å². The van der Waals surface area contributed by atoms with E-state index in [1.807, 2.05) is 90.4 Å². The van der Waals surface area contributed by atoms with Gasteiger partial charge < -0.3 is 4.57 Å². The lowest BCUT2D eigenvalue weighted by Crippen LogP contribution is -2.24. The molecule has 2 heterocycles. The van der Waals surface area contributed by atoms with Crippen LogP contribution in [-0.2, 0) is 11.3 Å². The Hall–Kier alpha value is -4.06. The summed E-state index contributed by atoms with van der Waals surface area (Å²) in [6.07, 6.45) is 0. The van der Waals surface area contributed by atoms with Crippen molar-refractivity contribution in [1.29, 1.82) is 0 Å². The summed E-state index contributed by atoms with van der Waals surface area (Å²) in [4.78, 5) is 22.3. The molecule has 0 saturated heterocycles. The van der Waals surface area contributed by atoms with Gasteiger partial charge in [-0.1, -0.05) is 60.7 Å². The van der Waals surface area contributed by atoms with E-state index in [-0.39, 0.29) is 12.5 Å². The van der Waals surface area contributed by atoms with Gasteiger partial charge in [0, 0.05) is 5.39 Å². The first-order valence-electron chi connectivity index (χ1n) is 9.73. The number of nitrogens with zero attached hydrogens (tertiary/aromatic N) is 4. The summed E-state index contributed by atoms with van der Waals surface area (Å²) in [6.45, 7) is 1.97. The van der Waals surface area contributed by atoms with Crippen LogP contribution < -0.4 is 5.43 Å². The van der Waals surface area contributed by atoms with Crippen molar-refractivity contribution in [3.63, 3.8) is 0 Å². The number of para-hydroxylation sites is 3. The normalized spacial score (nSPS) is 12.0. The molecule has 0 aliphatic rings. The topological polar surface area (TPSA) is 72.2 Å². The Morgan fingerprint density at radius 2 is 1.57 bits per heavy atom. The smallest absolute Gasteiger partial charge is 0.260 e. The van der Waals surface area contributed by atoms with Crippen molar-refractivity contribution in [2.75, 3.05) is 0 Å². The molecule has 0 saturated carbocycles. The number of hydrogen-bond acceptors (Lipinski definition) is 4. The van der Waals surface area contributed by atoms with Crippen LogP contribution in [0.25, 0.3) is 33.1 Å². The molecule has 0 atom stereocenters. The highest BCUT2D eigenvalue weighted by Gasteiger charge is 2.16. The van der Waals surface area contributed by atoms with Crippen molar-refractivity contribution in [1.82, 2.24) is 20.0 Å². The Kier molecular flexibility index (Phi) is 4.44. The zero-order chi connectivity index (χ0) is 20.5. The fraction of sp³-hybridized carbons (Fsp3) is 0.0833. The second kappa shape index (κ2) is 7.40. The fourth-order valence-corrected chi connectivity index (χ4v) is 3.61. The molecule has 0 radical (unpaired) electrons. The Morgan fingerprint density at radius 1 is 0.900 bits per heavy atom. The number of carbonyl (C=O) groups is 1. The van der Waals surface area contributed by atoms with Gasteiger partial charge in [0.2, 0.25) is 0 Å². The van der Waals surface area contributed by atoms with Gasteiger partial charge in [-0.25, -0.2) is 15.4 Å². The molecule has 0 aliphatic carbocycles. The molecule has 2 aromatic heterocycles. The van der Waals surface area contributed by atoms with E-state index in [2.05, 4.69) is 10.5 Å². The maximum absolute atomic E-state index is 12.7. The van der Waals surface area contributed by atoms with Crippen LogP contribution in [-0.4, -0.2) is 26.2 Å². The van der Waals surface area contributed by atoms with E-state index in [1.165, 1.54) is 0 Å². The number of carbonyl (C=O) groups excluding carboxylic acids is 1. The van der Waals surface area contributed by atoms with Gasteiger partial charge in [-0.15, -0.1) is 0 Å². The van der Waals surface area contributed by atoms with Gasteiger partial charge in [-0.2, -0.15) is 5.10 Å². The number of hydrogen-bond donors (Lipinski definition) is 1. The van der Waals surface area contributed by atoms with E-state index in [0.29, 0.717) is 5.65 Å². The molecule has 0 bridgehead atoms. The molecule has 0 fully saturated rings. The van der Waals surface area contributed by atoms with Gasteiger partial charge >= 0.3 is 0 Å². The van der Waals surface area contributed by atoms with Crippen LogP contribution in [0.5, 0.6) is 0 Å². The van der Waals surface area contributed by atoms with Crippen LogP contribution >= 0.6 is 0 Å². The molecule has 5 rings (SSSR count). The minimum absolute atomic E-state index is 0.0998. The standard InChI is InChI=1S/C24H19N5O/c1-16(17-9-3-2-4-10-17)27-28-22(30)15-29-21-14-8-5-11-18(21)23-24(29)26-20-13-7-6-12-19(20)25-23/h2-14H,15H2,1H3,(H,28,30). The maximum atomic E-state index is 12.7. The Bertz CT molecular complexity index is 1420. The first-order valence-corrected chi connectivity index (χ1v) is 9.73. The quantitative estimate of drug-likeness (QED) is 0.366. The highest BCUT2D eigenvalue weighted by atomic mass is 16.2. The predicted octanol–water partition coefficient (Wildman–Crippen LogP) is 4.28. The van der Waals surface area contributed by atoms with Gasteiger partial charge in [0.15, 0.2) is 5.65 Å². The predicted molar refractivity (Wildman–Crippen MR) is 119 cm³/mol. The Labute approximate surface area is 172 Å². The van der Waals surface area contributed by atoms with Gasteiger partial charge in [0.1, 0.15) is 12.1 Å². The minimum Gasteiger partial charge on any atom is -0.314 e. The maximum Gasteiger partial charge on any atom is 0.260 e. The molecule has 0 unspecified atom stereocenters. The first kappa shape index (κ1) is 18.0. The van der Waals surface area contributed by atoms with Crippen LogP contribution in [0.4, 0.5) is 0 Å². The highest BCUT2D eigenvalue weighted by Crippen LogP contribution is 2.27. The average Bonchev–Trinajstić information content (AvgIpc) is 3.09. The lowest BCUT2D eigenvalue weighted by atomic mass is 10.1. The summed E-state index contributed by atoms with van der Waals surface area (Å²) in [7, 11) is 0. The summed E-state index contributed by atoms with van der Waals surface area (Å²) >= 11 is 0. The second-order valence-electron chi connectivity index (χ2n) is 7.09. The van der Waals surface area contributed by atoms with E-state index in [9.17, 15) is 4.79 Å². The molecular weight excluding hydrogens is 374 g/mol. The van der Waals surface area contributed by atoms with Crippen LogP contribution in [0.15, 0.2) is 84.0 Å². The minimum atomic E-state index is -0.220. The third-order valence-electron chi connectivity index (χ3n) is 5.10. The number of nitrogens with one attached hydrogen (secondary N) is 1. The number of hydrazone groups is 1. The molecule has 1 amide bonds. The molecule has 6 nitrogen and oxygen atoms in total. The SMILES string of the molecule is CC(=NNC(=O)Cn1c2ccccc2c2nc3ccccc3nc21)c1ccccc1. The van der Waals surface area contributed by atoms with Gasteiger partial charge in [-0.3, -0.25) is 4.79 Å². The molecule has 6 heteroatoms. The summed E-state index contributed by atoms with van der Waals surface area (Å²) < 4.78 is 1.90. The van der Waals surface area contributed by atoms with Crippen LogP contribution in [0, 0.1) is 0 Å². The fourth-order valence-electron chi connectivity index (χ4n) is 3.61. The monoisotopic (exact) mass is 393 g/mol. The van der Waals surface area contributed by atoms with Crippen molar-refractivity contribution >= 4 is 44.7 Å². The largest absolute Gasteiger partial charge is 0.314 e. The van der Waals surface area contributed by atoms with Crippen molar-refractivity contribution < 1.29 is 4.79 Å². The van der Waals surface area contributed by atoms with Crippen LogP contribution in [0.2, 0.25) is 0 Å². The number of rotatable bonds is 4. The second-order valence-corrected chi connectivity index (χ2v) is 7.09. The zero-order valence-corrected chi connectivity index (χ0v) is 16.4. The molecule has 0 aliphatic heterocycles. The van der Waals surface area contributed by atoms with Gasteiger partial charge in [-0.05, 0) is 30.7 Å². The van der Waals surface area contributed by atoms with E-state index in [4.69, 9.17) is 9.97 Å². The van der Waals surface area contributed by atoms with E-state index in [1.54, 1.807) is 0 Å². The first-order chi connectivity index (χ1) is 14.7. The summed E-state index contributed by atoms with van der Waals surface area (Å²) in [5.74, 6) is -0.220. The molecule has 3 aromatic carbocycles. The summed E-state index contributed by atoms with van der Waals surface area (Å²) in [6, 6.07) is 25.4. The van der Waals surface area contributed by atoms with Gasteiger partial charge in [0.25, 0.3) is 5.91 Å². The molecule has 5 aromatic rings. The summed E-state index contributed by atoms with van der Waals surface area (Å²) in [5.41, 5.74) is 8.41. The molecule has 30 heavy (non-hydrogen) atoms. The van der Waals surface area contributed by atoms with Crippen LogP contribution in [0.1, 0.15) is 12.5 Å². The number of fused-ring (bicyclic) bond motifs is 4. The van der Waals surface area contributed by atoms with E-state index >= 15 is 0 Å². The third kappa shape index (κ3) is 3.18. The van der Waals surface area contributed by atoms with E-state index in [0.717, 1.165) is 38.7 Å². The molecular formula is C24H19N5O. The Balaban J connectivity index is 1.53. The zero-order valence-electron chi connectivity index (χ0n) is 16.4. The number of aromatic nitrogens is 3. The highest BCUT2D eigenvalue weighted by molar-refractivity contribution is 6.07. The summed E-state index contributed by atoms with van der Waals surface area (Å²) in [5, 5.41) is 5.23. The molecule has 0 spiro atoms. The number of amides is 1.